The molecule has 1 amide bonds. The molecule has 140 valence electrons. The number of carbonyl (C=O) groups excluding carboxylic acids is 2. The van der Waals surface area contributed by atoms with Gasteiger partial charge in [-0.15, -0.1) is 0 Å². The summed E-state index contributed by atoms with van der Waals surface area (Å²) in [4.78, 5) is 29.6. The molecule has 0 fully saturated rings. The monoisotopic (exact) mass is 366 g/mol. The summed E-state index contributed by atoms with van der Waals surface area (Å²) in [7, 11) is 0. The molecule has 0 aliphatic carbocycles. The summed E-state index contributed by atoms with van der Waals surface area (Å²) in [5, 5.41) is 0. The lowest BCUT2D eigenvalue weighted by molar-refractivity contribution is -0.145. The number of esters is 1. The molecular weight excluding hydrogens is 344 g/mol. The van der Waals surface area contributed by atoms with Crippen LogP contribution in [0.5, 0.6) is 0 Å². The predicted molar refractivity (Wildman–Crippen MR) is 103 cm³/mol. The van der Waals surface area contributed by atoms with Gasteiger partial charge in [-0.25, -0.2) is 4.90 Å². The number of unbranched alkanes of at least 4 members (excludes halogenated alkanes) is 1. The highest BCUT2D eigenvalue weighted by atomic mass is 16.5. The van der Waals surface area contributed by atoms with Crippen LogP contribution in [0.4, 0.5) is 11.7 Å². The van der Waals surface area contributed by atoms with Crippen LogP contribution in [-0.4, -0.2) is 23.5 Å². The number of hydrogen-bond donors (Lipinski definition) is 0. The molecule has 0 radical (unpaired) electrons. The second-order valence-corrected chi connectivity index (χ2v) is 6.24. The molecule has 0 saturated carbocycles. The smallest absolute Gasteiger partial charge is 0.310 e. The number of benzene rings is 2. The van der Waals surface area contributed by atoms with Gasteiger partial charge in [0.25, 0.3) is 5.91 Å². The van der Waals surface area contributed by atoms with E-state index in [1.54, 1.807) is 6.07 Å². The van der Waals surface area contributed by atoms with Crippen molar-refractivity contribution in [3.05, 3.63) is 54.1 Å². The van der Waals surface area contributed by atoms with Crippen molar-refractivity contribution in [3.8, 4) is 0 Å². The van der Waals surface area contributed by atoms with Crippen LogP contribution in [0.1, 0.15) is 32.3 Å². The summed E-state index contributed by atoms with van der Waals surface area (Å²) in [6.07, 6.45) is 3.22. The summed E-state index contributed by atoms with van der Waals surface area (Å²) >= 11 is 0. The minimum Gasteiger partial charge on any atom is -0.456 e. The first-order valence-corrected chi connectivity index (χ1v) is 8.99. The average molecular weight is 366 g/mol. The lowest BCUT2D eigenvalue weighted by Gasteiger charge is -2.19. The van der Waals surface area contributed by atoms with E-state index in [0.29, 0.717) is 16.8 Å². The van der Waals surface area contributed by atoms with Crippen LogP contribution in [0.15, 0.2) is 52.9 Å². The third kappa shape index (κ3) is 4.53. The Hall–Kier alpha value is -3.15. The van der Waals surface area contributed by atoms with E-state index >= 15 is 0 Å². The minimum absolute atomic E-state index is 0.148. The van der Waals surface area contributed by atoms with E-state index < -0.39 is 11.9 Å². The Bertz CT molecular complexity index is 898. The summed E-state index contributed by atoms with van der Waals surface area (Å²) in [5.74, 6) is -0.950. The SMILES string of the molecule is CCCCc1ccc(N(C(=O)COC(C)=O)c2nc3ccccc3o2)cc1. The molecule has 0 unspecified atom stereocenters. The average Bonchev–Trinajstić information content (AvgIpc) is 3.09. The van der Waals surface area contributed by atoms with Crippen molar-refractivity contribution < 1.29 is 18.7 Å². The zero-order valence-corrected chi connectivity index (χ0v) is 15.5. The number of hydrogen-bond acceptors (Lipinski definition) is 5. The van der Waals surface area contributed by atoms with E-state index in [4.69, 9.17) is 9.15 Å². The molecule has 0 bridgehead atoms. The van der Waals surface area contributed by atoms with Gasteiger partial charge in [0.15, 0.2) is 12.2 Å². The Morgan fingerprint density at radius 2 is 1.85 bits per heavy atom. The van der Waals surface area contributed by atoms with Crippen molar-refractivity contribution in [1.82, 2.24) is 4.98 Å². The van der Waals surface area contributed by atoms with Gasteiger partial charge in [-0.05, 0) is 42.7 Å². The first-order valence-electron chi connectivity index (χ1n) is 8.99. The van der Waals surface area contributed by atoms with Crippen molar-refractivity contribution in [2.75, 3.05) is 11.5 Å². The van der Waals surface area contributed by atoms with Crippen LogP contribution < -0.4 is 4.90 Å². The molecule has 6 heteroatoms. The minimum atomic E-state index is -0.518. The van der Waals surface area contributed by atoms with Crippen LogP contribution in [0.3, 0.4) is 0 Å². The molecule has 1 aromatic heterocycles. The highest BCUT2D eigenvalue weighted by molar-refractivity contribution is 6.00. The molecule has 0 saturated heterocycles. The van der Waals surface area contributed by atoms with E-state index in [-0.39, 0.29) is 12.6 Å². The van der Waals surface area contributed by atoms with Gasteiger partial charge in [0.1, 0.15) is 5.52 Å². The fraction of sp³-hybridized carbons (Fsp3) is 0.286. The van der Waals surface area contributed by atoms with E-state index in [2.05, 4.69) is 11.9 Å². The second kappa shape index (κ2) is 8.49. The Kier molecular flexibility index (Phi) is 5.86. The van der Waals surface area contributed by atoms with Crippen LogP contribution in [0.25, 0.3) is 11.1 Å². The van der Waals surface area contributed by atoms with E-state index in [1.807, 2.05) is 42.5 Å². The second-order valence-electron chi connectivity index (χ2n) is 6.24. The Morgan fingerprint density at radius 1 is 1.11 bits per heavy atom. The molecule has 2 aromatic carbocycles. The third-order valence-corrected chi connectivity index (χ3v) is 4.14. The number of ether oxygens (including phenoxy) is 1. The van der Waals surface area contributed by atoms with Gasteiger partial charge < -0.3 is 9.15 Å². The van der Waals surface area contributed by atoms with Crippen LogP contribution in [0.2, 0.25) is 0 Å². The molecular formula is C21H22N2O4. The van der Waals surface area contributed by atoms with Crippen LogP contribution in [-0.2, 0) is 20.7 Å². The van der Waals surface area contributed by atoms with Gasteiger partial charge in [-0.3, -0.25) is 9.59 Å². The van der Waals surface area contributed by atoms with Gasteiger partial charge in [0.05, 0.1) is 5.69 Å². The van der Waals surface area contributed by atoms with Crippen molar-refractivity contribution in [1.29, 1.82) is 0 Å². The van der Waals surface area contributed by atoms with Crippen LogP contribution in [0, 0.1) is 0 Å². The van der Waals surface area contributed by atoms with Crippen molar-refractivity contribution in [3.63, 3.8) is 0 Å². The molecule has 0 atom stereocenters. The molecule has 6 nitrogen and oxygen atoms in total. The van der Waals surface area contributed by atoms with Gasteiger partial charge in [-0.2, -0.15) is 4.98 Å². The van der Waals surface area contributed by atoms with Crippen LogP contribution >= 0.6 is 0 Å². The lowest BCUT2D eigenvalue weighted by Crippen LogP contribution is -2.30. The fourth-order valence-electron chi connectivity index (χ4n) is 2.74. The topological polar surface area (TPSA) is 72.6 Å². The molecule has 3 rings (SSSR count). The number of rotatable bonds is 7. The van der Waals surface area contributed by atoms with Crippen molar-refractivity contribution >= 4 is 34.7 Å². The number of carbonyl (C=O) groups is 2. The molecule has 0 aliphatic heterocycles. The maximum absolute atomic E-state index is 12.7. The zero-order chi connectivity index (χ0) is 19.2. The number of nitrogens with zero attached hydrogens (tertiary/aromatic N) is 2. The standard InChI is InChI=1S/C21H22N2O4/c1-3-4-7-16-10-12-17(13-11-16)23(20(25)14-26-15(2)24)21-22-18-8-5-6-9-19(18)27-21/h5-6,8-13H,3-4,7,14H2,1-2H3. The van der Waals surface area contributed by atoms with Gasteiger partial charge in [0, 0.05) is 6.92 Å². The summed E-state index contributed by atoms with van der Waals surface area (Å²) < 4.78 is 10.6. The zero-order valence-electron chi connectivity index (χ0n) is 15.5. The van der Waals surface area contributed by atoms with Gasteiger partial charge >= 0.3 is 12.0 Å². The Labute approximate surface area is 157 Å². The highest BCUT2D eigenvalue weighted by Gasteiger charge is 2.24. The summed E-state index contributed by atoms with van der Waals surface area (Å²) in [5.41, 5.74) is 3.04. The molecule has 1 heterocycles. The van der Waals surface area contributed by atoms with Gasteiger partial charge in [-0.1, -0.05) is 37.6 Å². The van der Waals surface area contributed by atoms with E-state index in [9.17, 15) is 9.59 Å². The molecule has 0 N–H and O–H groups in total. The number of aromatic nitrogens is 1. The molecule has 0 aliphatic rings. The number of oxazole rings is 1. The summed E-state index contributed by atoms with van der Waals surface area (Å²) in [6, 6.07) is 15.1. The predicted octanol–water partition coefficient (Wildman–Crippen LogP) is 4.40. The van der Waals surface area contributed by atoms with Crippen molar-refractivity contribution in [2.45, 2.75) is 33.1 Å². The molecule has 3 aromatic rings. The number of amides is 1. The van der Waals surface area contributed by atoms with E-state index in [0.717, 1.165) is 19.3 Å². The first kappa shape index (κ1) is 18.6. The largest absolute Gasteiger partial charge is 0.456 e. The summed E-state index contributed by atoms with van der Waals surface area (Å²) in [6.45, 7) is 3.03. The number of fused-ring (bicyclic) bond motifs is 1. The number of aryl methyl sites for hydroxylation is 1. The number of para-hydroxylation sites is 2. The first-order chi connectivity index (χ1) is 13.1. The maximum Gasteiger partial charge on any atom is 0.310 e. The Morgan fingerprint density at radius 3 is 2.52 bits per heavy atom. The quantitative estimate of drug-likeness (QED) is 0.580. The maximum atomic E-state index is 12.7. The normalized spacial score (nSPS) is 10.7. The number of anilines is 2. The van der Waals surface area contributed by atoms with Gasteiger partial charge in [0.2, 0.25) is 0 Å². The molecule has 0 spiro atoms. The Balaban J connectivity index is 1.93. The molecule has 27 heavy (non-hydrogen) atoms. The fourth-order valence-corrected chi connectivity index (χ4v) is 2.74. The lowest BCUT2D eigenvalue weighted by atomic mass is 10.1. The third-order valence-electron chi connectivity index (χ3n) is 4.14. The highest BCUT2D eigenvalue weighted by Crippen LogP contribution is 2.29. The van der Waals surface area contributed by atoms with Crippen molar-refractivity contribution in [2.24, 2.45) is 0 Å². The van der Waals surface area contributed by atoms with E-state index in [1.165, 1.54) is 17.4 Å².